The summed E-state index contributed by atoms with van der Waals surface area (Å²) in [6.45, 7) is 9.58. The van der Waals surface area contributed by atoms with Gasteiger partial charge in [0.2, 0.25) is 0 Å². The molecular formula is C24H39NO2. The Balaban J connectivity index is 1.60. The van der Waals surface area contributed by atoms with E-state index < -0.39 is 5.60 Å². The van der Waals surface area contributed by atoms with Gasteiger partial charge in [0.15, 0.2) is 11.9 Å². The minimum Gasteiger partial charge on any atom is -0.353 e. The van der Waals surface area contributed by atoms with Crippen molar-refractivity contribution in [2.45, 2.75) is 104 Å². The standard InChI is InChI=1S/C24H39NO2/c1-5-26-17(2)27-24(16-25)15-12-21-19-10-9-18-8-6-7-13-22(18,3)20(19)11-14-23(21,24)4/h17-21H,5-15H2,1-4H3/t17?,18?,19-,20-,21+,22+,23+,24?/m1/s1. The molecule has 0 aromatic heterocycles. The van der Waals surface area contributed by atoms with Crippen LogP contribution < -0.4 is 0 Å². The van der Waals surface area contributed by atoms with Crippen LogP contribution in [0.15, 0.2) is 0 Å². The highest BCUT2D eigenvalue weighted by Gasteiger charge is 2.66. The molecule has 3 heteroatoms. The molecule has 4 aliphatic rings. The van der Waals surface area contributed by atoms with E-state index in [0.717, 1.165) is 37.0 Å². The molecular weight excluding hydrogens is 334 g/mol. The molecule has 4 rings (SSSR count). The van der Waals surface area contributed by atoms with E-state index >= 15 is 0 Å². The maximum absolute atomic E-state index is 10.2. The lowest BCUT2D eigenvalue weighted by atomic mass is 9.44. The predicted octanol–water partition coefficient (Wildman–Crippen LogP) is 6.08. The molecule has 4 aliphatic carbocycles. The SMILES string of the molecule is CCOC(C)OC1(C#N)CC[C@H]2[C@@H]3CCC4CCCC[C@]4(C)[C@@H]3CC[C@@]21C. The molecule has 8 atom stereocenters. The van der Waals surface area contributed by atoms with Gasteiger partial charge in [-0.3, -0.25) is 0 Å². The van der Waals surface area contributed by atoms with Gasteiger partial charge in [0, 0.05) is 12.0 Å². The van der Waals surface area contributed by atoms with Gasteiger partial charge in [-0.2, -0.15) is 5.26 Å². The van der Waals surface area contributed by atoms with Crippen molar-refractivity contribution in [3.8, 4) is 6.07 Å². The number of nitrogens with zero attached hydrogens (tertiary/aromatic N) is 1. The van der Waals surface area contributed by atoms with Crippen molar-refractivity contribution in [2.75, 3.05) is 6.61 Å². The highest BCUT2D eigenvalue weighted by Crippen LogP contribution is 2.68. The van der Waals surface area contributed by atoms with E-state index in [0.29, 0.717) is 17.9 Å². The van der Waals surface area contributed by atoms with Gasteiger partial charge in [0.05, 0.1) is 6.07 Å². The summed E-state index contributed by atoms with van der Waals surface area (Å²) in [7, 11) is 0. The lowest BCUT2D eigenvalue weighted by Gasteiger charge is -2.61. The number of hydrogen-bond donors (Lipinski definition) is 0. The summed E-state index contributed by atoms with van der Waals surface area (Å²) in [5.74, 6) is 3.26. The summed E-state index contributed by atoms with van der Waals surface area (Å²) in [6.07, 6.45) is 12.7. The molecule has 152 valence electrons. The zero-order valence-electron chi connectivity index (χ0n) is 17.9. The van der Waals surface area contributed by atoms with Crippen molar-refractivity contribution in [3.05, 3.63) is 0 Å². The summed E-state index contributed by atoms with van der Waals surface area (Å²) in [5.41, 5.74) is -0.131. The number of nitriles is 1. The fraction of sp³-hybridized carbons (Fsp3) is 0.958. The van der Waals surface area contributed by atoms with Crippen molar-refractivity contribution in [2.24, 2.45) is 34.5 Å². The van der Waals surface area contributed by atoms with E-state index in [1.807, 2.05) is 13.8 Å². The Labute approximate surface area is 166 Å². The Morgan fingerprint density at radius 3 is 2.52 bits per heavy atom. The van der Waals surface area contributed by atoms with Crippen molar-refractivity contribution in [1.82, 2.24) is 0 Å². The fourth-order valence-corrected chi connectivity index (χ4v) is 8.25. The van der Waals surface area contributed by atoms with Gasteiger partial charge in [-0.15, -0.1) is 0 Å². The molecule has 0 N–H and O–H groups in total. The number of ether oxygens (including phenoxy) is 2. The van der Waals surface area contributed by atoms with Gasteiger partial charge in [-0.1, -0.05) is 26.7 Å². The highest BCUT2D eigenvalue weighted by atomic mass is 16.7. The Morgan fingerprint density at radius 2 is 1.78 bits per heavy atom. The van der Waals surface area contributed by atoms with Crippen LogP contribution in [0.25, 0.3) is 0 Å². The monoisotopic (exact) mass is 373 g/mol. The summed E-state index contributed by atoms with van der Waals surface area (Å²) >= 11 is 0. The molecule has 4 fully saturated rings. The van der Waals surface area contributed by atoms with Crippen LogP contribution in [0.3, 0.4) is 0 Å². The van der Waals surface area contributed by atoms with Gasteiger partial charge in [0.25, 0.3) is 0 Å². The molecule has 0 bridgehead atoms. The van der Waals surface area contributed by atoms with Crippen LogP contribution >= 0.6 is 0 Å². The zero-order chi connectivity index (χ0) is 19.3. The normalized spacial score (nSPS) is 50.2. The lowest BCUT2D eigenvalue weighted by molar-refractivity contribution is -0.226. The predicted molar refractivity (Wildman–Crippen MR) is 107 cm³/mol. The second-order valence-corrected chi connectivity index (χ2v) is 10.5. The molecule has 0 amide bonds. The highest BCUT2D eigenvalue weighted by molar-refractivity contribution is 5.22. The molecule has 3 nitrogen and oxygen atoms in total. The lowest BCUT2D eigenvalue weighted by Crippen LogP contribution is -2.57. The Morgan fingerprint density at radius 1 is 1.00 bits per heavy atom. The summed E-state index contributed by atoms with van der Waals surface area (Å²) in [6, 6.07) is 2.67. The van der Waals surface area contributed by atoms with Gasteiger partial charge in [0.1, 0.15) is 0 Å². The molecule has 4 saturated carbocycles. The maximum Gasteiger partial charge on any atom is 0.162 e. The van der Waals surface area contributed by atoms with E-state index in [1.165, 1.54) is 44.9 Å². The molecule has 0 aromatic rings. The number of rotatable bonds is 4. The molecule has 0 aromatic carbocycles. The van der Waals surface area contributed by atoms with E-state index in [9.17, 15) is 5.26 Å². The fourth-order valence-electron chi connectivity index (χ4n) is 8.25. The third-order valence-electron chi connectivity index (χ3n) is 9.65. The van der Waals surface area contributed by atoms with E-state index in [4.69, 9.17) is 9.47 Å². The largest absolute Gasteiger partial charge is 0.353 e. The quantitative estimate of drug-likeness (QED) is 0.561. The maximum atomic E-state index is 10.2. The van der Waals surface area contributed by atoms with Crippen molar-refractivity contribution in [3.63, 3.8) is 0 Å². The number of hydrogen-bond acceptors (Lipinski definition) is 3. The van der Waals surface area contributed by atoms with Gasteiger partial charge in [-0.25, -0.2) is 0 Å². The molecule has 0 spiro atoms. The molecule has 0 aliphatic heterocycles. The second-order valence-electron chi connectivity index (χ2n) is 10.5. The first-order valence-electron chi connectivity index (χ1n) is 11.6. The van der Waals surface area contributed by atoms with Crippen LogP contribution in [0.2, 0.25) is 0 Å². The number of fused-ring (bicyclic) bond motifs is 5. The van der Waals surface area contributed by atoms with E-state index in [-0.39, 0.29) is 11.7 Å². The van der Waals surface area contributed by atoms with Gasteiger partial charge in [-0.05, 0) is 94.3 Å². The Hall–Kier alpha value is -0.590. The van der Waals surface area contributed by atoms with Crippen LogP contribution in [0.5, 0.6) is 0 Å². The molecule has 0 heterocycles. The van der Waals surface area contributed by atoms with Crippen LogP contribution in [-0.2, 0) is 9.47 Å². The minimum atomic E-state index is -0.665. The molecule has 27 heavy (non-hydrogen) atoms. The van der Waals surface area contributed by atoms with Crippen LogP contribution in [-0.4, -0.2) is 18.5 Å². The van der Waals surface area contributed by atoms with Gasteiger partial charge < -0.3 is 9.47 Å². The average molecular weight is 374 g/mol. The topological polar surface area (TPSA) is 42.2 Å². The zero-order valence-corrected chi connectivity index (χ0v) is 17.9. The second kappa shape index (κ2) is 7.03. The van der Waals surface area contributed by atoms with Crippen molar-refractivity contribution >= 4 is 0 Å². The summed E-state index contributed by atoms with van der Waals surface area (Å²) in [4.78, 5) is 0. The summed E-state index contributed by atoms with van der Waals surface area (Å²) in [5, 5.41) is 10.2. The minimum absolute atomic E-state index is 0.0217. The molecule has 0 saturated heterocycles. The Bertz CT molecular complexity index is 600. The molecule has 3 unspecified atom stereocenters. The third kappa shape index (κ3) is 2.81. The van der Waals surface area contributed by atoms with Crippen LogP contribution in [0, 0.1) is 45.8 Å². The first-order chi connectivity index (χ1) is 12.9. The first-order valence-corrected chi connectivity index (χ1v) is 11.6. The molecule has 0 radical (unpaired) electrons. The van der Waals surface area contributed by atoms with Crippen LogP contribution in [0.4, 0.5) is 0 Å². The van der Waals surface area contributed by atoms with E-state index in [1.54, 1.807) is 0 Å². The smallest absolute Gasteiger partial charge is 0.162 e. The van der Waals surface area contributed by atoms with Crippen molar-refractivity contribution in [1.29, 1.82) is 5.26 Å². The van der Waals surface area contributed by atoms with Gasteiger partial charge >= 0.3 is 0 Å². The van der Waals surface area contributed by atoms with Crippen LogP contribution in [0.1, 0.15) is 91.9 Å². The van der Waals surface area contributed by atoms with E-state index in [2.05, 4.69) is 19.9 Å². The average Bonchev–Trinajstić information content (AvgIpc) is 2.94. The van der Waals surface area contributed by atoms with Crippen molar-refractivity contribution < 1.29 is 9.47 Å². The first kappa shape index (κ1) is 19.7. The Kier molecular flexibility index (Phi) is 5.13. The third-order valence-corrected chi connectivity index (χ3v) is 9.65. The summed E-state index contributed by atoms with van der Waals surface area (Å²) < 4.78 is 12.1.